The van der Waals surface area contributed by atoms with E-state index in [1.165, 1.54) is 0 Å². The van der Waals surface area contributed by atoms with Gasteiger partial charge in [0.1, 0.15) is 11.3 Å². The lowest BCUT2D eigenvalue weighted by Gasteiger charge is -2.42. The summed E-state index contributed by atoms with van der Waals surface area (Å²) >= 11 is 0. The number of phenolic OH excluding ortho intramolecular Hbond substituents is 1. The number of aromatic nitrogens is 1. The average molecular weight is 378 g/mol. The minimum Gasteiger partial charge on any atom is -0.508 e. The van der Waals surface area contributed by atoms with Gasteiger partial charge >= 0.3 is 5.63 Å². The van der Waals surface area contributed by atoms with Crippen LogP contribution in [0, 0.1) is 12.8 Å². The second-order valence-electron chi connectivity index (χ2n) is 8.07. The Morgan fingerprint density at radius 1 is 1.14 bits per heavy atom. The van der Waals surface area contributed by atoms with E-state index in [4.69, 9.17) is 4.42 Å². The van der Waals surface area contributed by atoms with Gasteiger partial charge < -0.3 is 14.1 Å². The molecular weight excluding hydrogens is 356 g/mol. The highest BCUT2D eigenvalue weighted by Crippen LogP contribution is 2.36. The summed E-state index contributed by atoms with van der Waals surface area (Å²) in [7, 11) is 0. The Morgan fingerprint density at radius 3 is 2.86 bits per heavy atom. The Labute approximate surface area is 161 Å². The van der Waals surface area contributed by atoms with Crippen molar-refractivity contribution in [2.24, 2.45) is 5.92 Å². The van der Waals surface area contributed by atoms with Crippen molar-refractivity contribution in [3.63, 3.8) is 0 Å². The summed E-state index contributed by atoms with van der Waals surface area (Å²) in [5, 5.41) is 10.8. The molecule has 144 valence electrons. The summed E-state index contributed by atoms with van der Waals surface area (Å²) in [6, 6.07) is 10.6. The van der Waals surface area contributed by atoms with Crippen molar-refractivity contribution in [3.8, 4) is 5.75 Å². The normalized spacial score (nSPS) is 21.6. The van der Waals surface area contributed by atoms with Crippen molar-refractivity contribution < 1.29 is 9.52 Å². The molecule has 0 spiro atoms. The summed E-state index contributed by atoms with van der Waals surface area (Å²) in [5.74, 6) is 0.893. The lowest BCUT2D eigenvalue weighted by molar-refractivity contribution is 0.114. The minimum atomic E-state index is -0.398. The molecule has 2 aliphatic heterocycles. The fourth-order valence-electron chi connectivity index (χ4n) is 4.91. The van der Waals surface area contributed by atoms with E-state index in [0.29, 0.717) is 29.5 Å². The summed E-state index contributed by atoms with van der Waals surface area (Å²) < 4.78 is 7.29. The monoisotopic (exact) mass is 378 g/mol. The number of benzene rings is 1. The summed E-state index contributed by atoms with van der Waals surface area (Å²) in [6.07, 6.45) is 1.10. The number of fused-ring (bicyclic) bond motifs is 5. The van der Waals surface area contributed by atoms with Crippen LogP contribution in [0.15, 0.2) is 50.4 Å². The van der Waals surface area contributed by atoms with Crippen molar-refractivity contribution in [3.05, 3.63) is 74.0 Å². The van der Waals surface area contributed by atoms with E-state index in [1.807, 2.05) is 16.7 Å². The fraction of sp³-hybridized carbons (Fsp3) is 0.364. The van der Waals surface area contributed by atoms with Crippen LogP contribution < -0.4 is 11.2 Å². The molecule has 5 rings (SSSR count). The smallest absolute Gasteiger partial charge is 0.336 e. The van der Waals surface area contributed by atoms with Crippen molar-refractivity contribution >= 4 is 11.0 Å². The predicted octanol–water partition coefficient (Wildman–Crippen LogP) is 2.59. The van der Waals surface area contributed by atoms with E-state index in [0.717, 1.165) is 42.7 Å². The number of phenols is 1. The number of rotatable bonds is 2. The van der Waals surface area contributed by atoms with Gasteiger partial charge in [0.15, 0.2) is 0 Å². The maximum absolute atomic E-state index is 12.2. The van der Waals surface area contributed by atoms with Crippen LogP contribution in [0.4, 0.5) is 0 Å². The summed E-state index contributed by atoms with van der Waals surface area (Å²) in [5.41, 5.74) is 2.76. The van der Waals surface area contributed by atoms with E-state index in [2.05, 4.69) is 11.0 Å². The number of hydrogen-bond acceptors (Lipinski definition) is 5. The molecule has 0 unspecified atom stereocenters. The van der Waals surface area contributed by atoms with E-state index < -0.39 is 5.63 Å². The predicted molar refractivity (Wildman–Crippen MR) is 106 cm³/mol. The molecule has 1 saturated heterocycles. The zero-order valence-corrected chi connectivity index (χ0v) is 15.7. The van der Waals surface area contributed by atoms with Crippen LogP contribution in [-0.2, 0) is 13.1 Å². The van der Waals surface area contributed by atoms with Crippen LogP contribution in [0.2, 0.25) is 0 Å². The Hall–Kier alpha value is -2.86. The molecule has 4 heterocycles. The maximum Gasteiger partial charge on any atom is 0.336 e. The van der Waals surface area contributed by atoms with Gasteiger partial charge in [0.05, 0.1) is 0 Å². The molecule has 1 N–H and O–H groups in total. The summed E-state index contributed by atoms with van der Waals surface area (Å²) in [6.45, 7) is 4.92. The molecule has 6 heteroatoms. The van der Waals surface area contributed by atoms with Crippen molar-refractivity contribution in [2.45, 2.75) is 32.4 Å². The largest absolute Gasteiger partial charge is 0.508 e. The first-order chi connectivity index (χ1) is 13.5. The second kappa shape index (κ2) is 6.34. The molecule has 0 saturated carbocycles. The first kappa shape index (κ1) is 17.3. The summed E-state index contributed by atoms with van der Waals surface area (Å²) in [4.78, 5) is 26.7. The van der Waals surface area contributed by atoms with Crippen LogP contribution in [0.5, 0.6) is 5.75 Å². The topological polar surface area (TPSA) is 75.7 Å². The van der Waals surface area contributed by atoms with E-state index >= 15 is 0 Å². The molecule has 0 amide bonds. The van der Waals surface area contributed by atoms with Crippen LogP contribution in [0.1, 0.15) is 29.2 Å². The number of aromatic hydroxyl groups is 1. The standard InChI is InChI=1S/C22H22N2O4/c1-13-19(25)6-5-17-15(8-21(27)28-22(13)17)11-23-9-14-7-16(12-23)18-3-2-4-20(26)24(18)10-14/h2-6,8,14,16,25H,7,9-12H2,1H3/t14-,16+/m0/s1. The Kier molecular flexibility index (Phi) is 3.91. The number of pyridine rings is 1. The highest BCUT2D eigenvalue weighted by Gasteiger charge is 2.34. The van der Waals surface area contributed by atoms with E-state index in [9.17, 15) is 14.7 Å². The van der Waals surface area contributed by atoms with Crippen LogP contribution in [-0.4, -0.2) is 27.7 Å². The molecule has 3 aromatic rings. The number of aryl methyl sites for hydroxylation is 1. The van der Waals surface area contributed by atoms with E-state index in [1.54, 1.807) is 25.1 Å². The zero-order valence-electron chi connectivity index (χ0n) is 15.7. The highest BCUT2D eigenvalue weighted by molar-refractivity contribution is 5.84. The lowest BCUT2D eigenvalue weighted by Crippen LogP contribution is -2.46. The van der Waals surface area contributed by atoms with Gasteiger partial charge in [-0.15, -0.1) is 0 Å². The average Bonchev–Trinajstić information content (AvgIpc) is 2.66. The molecule has 2 atom stereocenters. The molecule has 2 aromatic heterocycles. The van der Waals surface area contributed by atoms with Crippen molar-refractivity contribution in [1.82, 2.24) is 9.47 Å². The molecule has 28 heavy (non-hydrogen) atoms. The second-order valence-corrected chi connectivity index (χ2v) is 8.07. The van der Waals surface area contributed by atoms with Crippen LogP contribution in [0.3, 0.4) is 0 Å². The SMILES string of the molecule is Cc1c(O)ccc2c(CN3C[C@@H]4C[C@H](C3)c3cccc(=O)n3C4)cc(=O)oc12. The minimum absolute atomic E-state index is 0.0857. The van der Waals surface area contributed by atoms with Gasteiger partial charge in [-0.25, -0.2) is 4.79 Å². The molecular formula is C22H22N2O4. The van der Waals surface area contributed by atoms with Crippen LogP contribution >= 0.6 is 0 Å². The number of piperidine rings is 1. The zero-order chi connectivity index (χ0) is 19.4. The maximum atomic E-state index is 12.2. The Morgan fingerprint density at radius 2 is 2.00 bits per heavy atom. The highest BCUT2D eigenvalue weighted by atomic mass is 16.4. The van der Waals surface area contributed by atoms with Gasteiger partial charge in [0.2, 0.25) is 0 Å². The van der Waals surface area contributed by atoms with Gasteiger partial charge in [-0.05, 0) is 43.0 Å². The van der Waals surface area contributed by atoms with Crippen molar-refractivity contribution in [1.29, 1.82) is 0 Å². The first-order valence-corrected chi connectivity index (χ1v) is 9.67. The molecule has 2 bridgehead atoms. The number of likely N-dealkylation sites (tertiary alicyclic amines) is 1. The molecule has 0 aliphatic carbocycles. The molecule has 0 radical (unpaired) electrons. The third kappa shape index (κ3) is 2.76. The first-order valence-electron chi connectivity index (χ1n) is 9.67. The third-order valence-corrected chi connectivity index (χ3v) is 6.17. The van der Waals surface area contributed by atoms with Gasteiger partial charge in [0.25, 0.3) is 5.56 Å². The van der Waals surface area contributed by atoms with Gasteiger partial charge in [-0.3, -0.25) is 9.69 Å². The lowest BCUT2D eigenvalue weighted by atomic mass is 9.83. The fourth-order valence-corrected chi connectivity index (χ4v) is 4.91. The molecule has 2 aliphatic rings. The van der Waals surface area contributed by atoms with E-state index in [-0.39, 0.29) is 11.3 Å². The van der Waals surface area contributed by atoms with Gasteiger partial charge in [-0.1, -0.05) is 6.07 Å². The number of nitrogens with zero attached hydrogens (tertiary/aromatic N) is 2. The van der Waals surface area contributed by atoms with Crippen LogP contribution in [0.25, 0.3) is 11.0 Å². The molecule has 1 aromatic carbocycles. The molecule has 1 fully saturated rings. The third-order valence-electron chi connectivity index (χ3n) is 6.17. The quantitative estimate of drug-likeness (QED) is 0.694. The number of hydrogen-bond donors (Lipinski definition) is 1. The van der Waals surface area contributed by atoms with Gasteiger partial charge in [0, 0.05) is 60.9 Å². The van der Waals surface area contributed by atoms with Gasteiger partial charge in [-0.2, -0.15) is 0 Å². The van der Waals surface area contributed by atoms with Crippen molar-refractivity contribution in [2.75, 3.05) is 13.1 Å². The Bertz CT molecular complexity index is 1190. The Balaban J connectivity index is 1.49. The molecule has 6 nitrogen and oxygen atoms in total.